The predicted molar refractivity (Wildman–Crippen MR) is 131 cm³/mol. The Morgan fingerprint density at radius 3 is 2.44 bits per heavy atom. The number of aromatic nitrogens is 1. The zero-order valence-electron chi connectivity index (χ0n) is 17.3. The van der Waals surface area contributed by atoms with Crippen molar-refractivity contribution in [2.75, 3.05) is 0 Å². The van der Waals surface area contributed by atoms with Crippen LogP contribution in [0.1, 0.15) is 16.8 Å². The molecule has 5 heteroatoms. The van der Waals surface area contributed by atoms with Gasteiger partial charge < -0.3 is 9.47 Å². The molecule has 0 fully saturated rings. The number of rotatable bonds is 8. The summed E-state index contributed by atoms with van der Waals surface area (Å²) >= 11 is 5.99. The topological polar surface area (TPSA) is 55.2 Å². The monoisotopic (exact) mass is 440 g/mol. The van der Waals surface area contributed by atoms with Gasteiger partial charge in [0.2, 0.25) is 0 Å². The summed E-state index contributed by atoms with van der Waals surface area (Å²) in [5, 5.41) is 9.01. The molecule has 0 aliphatic rings. The average Bonchev–Trinajstić information content (AvgIpc) is 2.83. The third-order valence-electron chi connectivity index (χ3n) is 4.89. The van der Waals surface area contributed by atoms with Crippen molar-refractivity contribution in [2.45, 2.75) is 6.61 Å². The first-order chi connectivity index (χ1) is 15.6. The first kappa shape index (κ1) is 21.3. The van der Waals surface area contributed by atoms with Gasteiger partial charge in [-0.2, -0.15) is 0 Å². The molecule has 0 unspecified atom stereocenters. The van der Waals surface area contributed by atoms with Crippen LogP contribution in [0.2, 0.25) is 5.02 Å². The number of allylic oxidation sites excluding steroid dienone is 1. The molecule has 4 nitrogen and oxygen atoms in total. The summed E-state index contributed by atoms with van der Waals surface area (Å²) in [6, 6.07) is 27.1. The molecule has 1 heterocycles. The Bertz CT molecular complexity index is 1280. The van der Waals surface area contributed by atoms with Gasteiger partial charge in [0.05, 0.1) is 11.2 Å². The summed E-state index contributed by atoms with van der Waals surface area (Å²) in [5.74, 6) is 1.11. The van der Waals surface area contributed by atoms with E-state index in [-0.39, 0.29) is 0 Å². The Kier molecular flexibility index (Phi) is 6.63. The normalized spacial score (nSPS) is 11.2. The summed E-state index contributed by atoms with van der Waals surface area (Å²) in [5.41, 5.74) is 4.41. The van der Waals surface area contributed by atoms with Crippen LogP contribution >= 0.6 is 11.6 Å². The van der Waals surface area contributed by atoms with Crippen LogP contribution in [0, 0.1) is 5.41 Å². The fourth-order valence-electron chi connectivity index (χ4n) is 3.26. The molecule has 4 rings (SSSR count). The van der Waals surface area contributed by atoms with Crippen LogP contribution in [0.15, 0.2) is 97.3 Å². The fraction of sp³-hybridized carbons (Fsp3) is 0.0370. The fourth-order valence-corrected chi connectivity index (χ4v) is 3.39. The van der Waals surface area contributed by atoms with E-state index in [4.69, 9.17) is 26.5 Å². The maximum absolute atomic E-state index is 7.24. The molecule has 0 radical (unpaired) electrons. The zero-order valence-corrected chi connectivity index (χ0v) is 18.0. The van der Waals surface area contributed by atoms with Crippen LogP contribution in [0.3, 0.4) is 0 Å². The van der Waals surface area contributed by atoms with Gasteiger partial charge in [-0.25, -0.2) is 4.98 Å². The van der Waals surface area contributed by atoms with Gasteiger partial charge in [-0.1, -0.05) is 66.7 Å². The largest absolute Gasteiger partial charge is 0.487 e. The van der Waals surface area contributed by atoms with Crippen LogP contribution < -0.4 is 4.74 Å². The first-order valence-electron chi connectivity index (χ1n) is 10.0. The van der Waals surface area contributed by atoms with E-state index in [1.165, 1.54) is 0 Å². The van der Waals surface area contributed by atoms with E-state index in [2.05, 4.69) is 11.6 Å². The predicted octanol–water partition coefficient (Wildman–Crippen LogP) is 7.15. The van der Waals surface area contributed by atoms with Gasteiger partial charge in [-0.15, -0.1) is 0 Å². The standard InChI is InChI=1S/C27H21ClN2O2/c1-19(32-18-29)26(16-20-6-11-23(28)12-7-20)21-9-14-25(15-10-21)31-17-24-13-8-22-4-2-3-5-27(22)30-24/h2-16,18,29H,1,17H2/b26-16-,29-18?. The highest BCUT2D eigenvalue weighted by atomic mass is 35.5. The molecular formula is C27H21ClN2O2. The maximum atomic E-state index is 7.24. The quantitative estimate of drug-likeness (QED) is 0.104. The number of benzene rings is 3. The summed E-state index contributed by atoms with van der Waals surface area (Å²) in [6.45, 7) is 4.33. The molecule has 0 atom stereocenters. The van der Waals surface area contributed by atoms with Crippen LogP contribution in [-0.2, 0) is 11.3 Å². The number of nitrogens with one attached hydrogen (secondary N) is 1. The maximum Gasteiger partial charge on any atom is 0.173 e. The van der Waals surface area contributed by atoms with Gasteiger partial charge in [-0.3, -0.25) is 5.41 Å². The third kappa shape index (κ3) is 5.23. The Hall–Kier alpha value is -3.89. The summed E-state index contributed by atoms with van der Waals surface area (Å²) in [4.78, 5) is 4.64. The molecule has 0 spiro atoms. The van der Waals surface area contributed by atoms with Crippen molar-refractivity contribution in [3.8, 4) is 5.75 Å². The molecule has 1 N–H and O–H groups in total. The van der Waals surface area contributed by atoms with Crippen LogP contribution in [0.25, 0.3) is 22.6 Å². The molecule has 0 bridgehead atoms. The minimum atomic E-state index is 0.376. The van der Waals surface area contributed by atoms with Crippen LogP contribution in [0.5, 0.6) is 5.75 Å². The molecule has 32 heavy (non-hydrogen) atoms. The van der Waals surface area contributed by atoms with Crippen molar-refractivity contribution < 1.29 is 9.47 Å². The van der Waals surface area contributed by atoms with Crippen molar-refractivity contribution in [3.05, 3.63) is 119 Å². The first-order valence-corrected chi connectivity index (χ1v) is 10.4. The number of nitrogens with zero attached hydrogens (tertiary/aromatic N) is 1. The number of hydrogen-bond donors (Lipinski definition) is 1. The van der Waals surface area contributed by atoms with Crippen molar-refractivity contribution in [1.29, 1.82) is 5.41 Å². The molecule has 0 saturated heterocycles. The van der Waals surface area contributed by atoms with E-state index < -0.39 is 0 Å². The second-order valence-electron chi connectivity index (χ2n) is 7.08. The van der Waals surface area contributed by atoms with E-state index in [1.54, 1.807) is 0 Å². The Morgan fingerprint density at radius 1 is 0.938 bits per heavy atom. The molecule has 3 aromatic carbocycles. The highest BCUT2D eigenvalue weighted by Crippen LogP contribution is 2.28. The Labute approximate surface area is 191 Å². The Balaban J connectivity index is 1.52. The number of fused-ring (bicyclic) bond motifs is 1. The van der Waals surface area contributed by atoms with E-state index in [0.717, 1.165) is 45.4 Å². The second-order valence-corrected chi connectivity index (χ2v) is 7.51. The van der Waals surface area contributed by atoms with Crippen molar-refractivity contribution in [3.63, 3.8) is 0 Å². The lowest BCUT2D eigenvalue weighted by atomic mass is 10.0. The SMILES string of the molecule is C=C(OC=N)/C(=C/c1ccc(Cl)cc1)c1ccc(OCc2ccc3ccccc3n2)cc1. The molecule has 1 aromatic heterocycles. The van der Waals surface area contributed by atoms with E-state index in [0.29, 0.717) is 17.4 Å². The van der Waals surface area contributed by atoms with Gasteiger partial charge in [0, 0.05) is 16.0 Å². The molecule has 158 valence electrons. The van der Waals surface area contributed by atoms with Crippen LogP contribution in [-0.4, -0.2) is 11.4 Å². The van der Waals surface area contributed by atoms with E-state index >= 15 is 0 Å². The van der Waals surface area contributed by atoms with Crippen molar-refractivity contribution in [2.24, 2.45) is 0 Å². The van der Waals surface area contributed by atoms with E-state index in [1.807, 2.05) is 91.0 Å². The van der Waals surface area contributed by atoms with Gasteiger partial charge in [0.15, 0.2) is 6.40 Å². The summed E-state index contributed by atoms with van der Waals surface area (Å²) in [6.07, 6.45) is 2.81. The van der Waals surface area contributed by atoms with Crippen LogP contribution in [0.4, 0.5) is 0 Å². The number of ether oxygens (including phenoxy) is 2. The van der Waals surface area contributed by atoms with E-state index in [9.17, 15) is 0 Å². The number of para-hydroxylation sites is 1. The average molecular weight is 441 g/mol. The van der Waals surface area contributed by atoms with Gasteiger partial charge in [-0.05, 0) is 53.6 Å². The molecule has 0 saturated carbocycles. The lowest BCUT2D eigenvalue weighted by molar-refractivity contribution is 0.302. The van der Waals surface area contributed by atoms with Gasteiger partial charge in [0.1, 0.15) is 18.1 Å². The second kappa shape index (κ2) is 9.94. The molecule has 0 aliphatic heterocycles. The highest BCUT2D eigenvalue weighted by Gasteiger charge is 2.09. The lowest BCUT2D eigenvalue weighted by Crippen LogP contribution is -1.99. The van der Waals surface area contributed by atoms with Crippen molar-refractivity contribution in [1.82, 2.24) is 4.98 Å². The van der Waals surface area contributed by atoms with Gasteiger partial charge >= 0.3 is 0 Å². The zero-order chi connectivity index (χ0) is 22.3. The highest BCUT2D eigenvalue weighted by molar-refractivity contribution is 6.30. The number of pyridine rings is 1. The molecule has 0 aliphatic carbocycles. The van der Waals surface area contributed by atoms with Gasteiger partial charge in [0.25, 0.3) is 0 Å². The Morgan fingerprint density at radius 2 is 1.69 bits per heavy atom. The minimum absolute atomic E-state index is 0.376. The summed E-state index contributed by atoms with van der Waals surface area (Å²) in [7, 11) is 0. The number of halogens is 1. The third-order valence-corrected chi connectivity index (χ3v) is 5.14. The van der Waals surface area contributed by atoms with Crippen molar-refractivity contribution >= 4 is 40.6 Å². The number of hydrogen-bond acceptors (Lipinski definition) is 4. The molecule has 4 aromatic rings. The minimum Gasteiger partial charge on any atom is -0.487 e. The molecular weight excluding hydrogens is 420 g/mol. The lowest BCUT2D eigenvalue weighted by Gasteiger charge is -2.12. The smallest absolute Gasteiger partial charge is 0.173 e. The molecule has 0 amide bonds. The summed E-state index contributed by atoms with van der Waals surface area (Å²) < 4.78 is 11.2.